The third-order valence-corrected chi connectivity index (χ3v) is 3.71. The normalized spacial score (nSPS) is 11.5. The summed E-state index contributed by atoms with van der Waals surface area (Å²) in [5.74, 6) is 0.722. The van der Waals surface area contributed by atoms with E-state index in [9.17, 15) is 13.2 Å². The number of aromatic nitrogens is 2. The van der Waals surface area contributed by atoms with Gasteiger partial charge in [-0.05, 0) is 42.7 Å². The zero-order valence-corrected chi connectivity index (χ0v) is 13.5. The predicted molar refractivity (Wildman–Crippen MR) is 88.7 cm³/mol. The molecule has 25 heavy (non-hydrogen) atoms. The molecule has 0 bridgehead atoms. The Morgan fingerprint density at radius 2 is 1.72 bits per heavy atom. The molecular formula is C19H15F3N2O. The van der Waals surface area contributed by atoms with Crippen LogP contribution in [0.3, 0.4) is 0 Å². The Morgan fingerprint density at radius 1 is 1.04 bits per heavy atom. The number of nitrogens with zero attached hydrogens (tertiary/aromatic N) is 2. The molecule has 1 aromatic heterocycles. The highest BCUT2D eigenvalue weighted by Crippen LogP contribution is 2.30. The van der Waals surface area contributed by atoms with Crippen molar-refractivity contribution in [2.45, 2.75) is 19.5 Å². The summed E-state index contributed by atoms with van der Waals surface area (Å²) in [6, 6.07) is 12.6. The van der Waals surface area contributed by atoms with Crippen molar-refractivity contribution in [3.8, 4) is 11.5 Å². The maximum absolute atomic E-state index is 12.7. The van der Waals surface area contributed by atoms with Crippen molar-refractivity contribution in [1.29, 1.82) is 0 Å². The molecule has 0 aliphatic carbocycles. The molecule has 0 unspecified atom stereocenters. The Balaban J connectivity index is 1.89. The molecule has 3 nitrogen and oxygen atoms in total. The minimum atomic E-state index is -4.33. The minimum absolute atomic E-state index is 0.360. The van der Waals surface area contributed by atoms with Crippen LogP contribution in [0, 0.1) is 0 Å². The molecule has 3 rings (SSSR count). The fourth-order valence-electron chi connectivity index (χ4n) is 2.42. The smallest absolute Gasteiger partial charge is 0.416 e. The van der Waals surface area contributed by atoms with Crippen molar-refractivity contribution >= 4 is 5.57 Å². The second-order valence-corrected chi connectivity index (χ2v) is 5.72. The fourth-order valence-corrected chi connectivity index (χ4v) is 2.42. The molecule has 0 amide bonds. The minimum Gasteiger partial charge on any atom is -0.417 e. The van der Waals surface area contributed by atoms with E-state index in [1.807, 2.05) is 24.3 Å². The van der Waals surface area contributed by atoms with E-state index in [0.717, 1.165) is 28.8 Å². The standard InChI is InChI=1S/C19H15F3N2O/c1-12(2)17-23-24-18(25-17)16-6-4-3-5-14(16)11-13-7-9-15(10-8-13)19(20,21)22/h3-10H,1,11H2,2H3. The zero-order valence-electron chi connectivity index (χ0n) is 13.5. The zero-order chi connectivity index (χ0) is 18.0. The number of rotatable bonds is 4. The lowest BCUT2D eigenvalue weighted by Crippen LogP contribution is -2.04. The van der Waals surface area contributed by atoms with Gasteiger partial charge in [-0.1, -0.05) is 36.9 Å². The summed E-state index contributed by atoms with van der Waals surface area (Å²) < 4.78 is 43.6. The first kappa shape index (κ1) is 17.0. The molecule has 6 heteroatoms. The molecule has 0 aliphatic heterocycles. The van der Waals surface area contributed by atoms with Crippen LogP contribution in [0.1, 0.15) is 29.5 Å². The van der Waals surface area contributed by atoms with Crippen molar-refractivity contribution in [2.75, 3.05) is 0 Å². The van der Waals surface area contributed by atoms with Crippen LogP contribution < -0.4 is 0 Å². The highest BCUT2D eigenvalue weighted by atomic mass is 19.4. The van der Waals surface area contributed by atoms with Crippen molar-refractivity contribution in [3.05, 3.63) is 77.7 Å². The van der Waals surface area contributed by atoms with E-state index in [1.165, 1.54) is 12.1 Å². The Labute approximate surface area is 142 Å². The maximum atomic E-state index is 12.7. The maximum Gasteiger partial charge on any atom is 0.416 e. The summed E-state index contributed by atoms with van der Waals surface area (Å²) in [6.07, 6.45) is -3.88. The van der Waals surface area contributed by atoms with Crippen LogP contribution in [0.25, 0.3) is 17.0 Å². The lowest BCUT2D eigenvalue weighted by atomic mass is 9.99. The van der Waals surface area contributed by atoms with E-state index in [-0.39, 0.29) is 0 Å². The van der Waals surface area contributed by atoms with Crippen LogP contribution in [0.2, 0.25) is 0 Å². The van der Waals surface area contributed by atoms with Gasteiger partial charge in [-0.15, -0.1) is 10.2 Å². The highest BCUT2D eigenvalue weighted by molar-refractivity contribution is 5.61. The first-order valence-electron chi connectivity index (χ1n) is 7.58. The Morgan fingerprint density at radius 3 is 2.32 bits per heavy atom. The van der Waals surface area contributed by atoms with Gasteiger partial charge >= 0.3 is 6.18 Å². The average Bonchev–Trinajstić information content (AvgIpc) is 3.05. The van der Waals surface area contributed by atoms with Crippen molar-refractivity contribution < 1.29 is 17.6 Å². The molecule has 0 atom stereocenters. The quantitative estimate of drug-likeness (QED) is 0.638. The molecular weight excluding hydrogens is 329 g/mol. The summed E-state index contributed by atoms with van der Waals surface area (Å²) in [6.45, 7) is 5.53. The predicted octanol–water partition coefficient (Wildman–Crippen LogP) is 5.38. The fraction of sp³-hybridized carbons (Fsp3) is 0.158. The number of alkyl halides is 3. The van der Waals surface area contributed by atoms with Crippen LogP contribution in [0.15, 0.2) is 59.5 Å². The summed E-state index contributed by atoms with van der Waals surface area (Å²) in [4.78, 5) is 0. The van der Waals surface area contributed by atoms with Gasteiger partial charge in [0.15, 0.2) is 0 Å². The largest absolute Gasteiger partial charge is 0.417 e. The molecule has 1 heterocycles. The van der Waals surface area contributed by atoms with Crippen LogP contribution in [-0.2, 0) is 12.6 Å². The molecule has 128 valence electrons. The number of benzene rings is 2. The molecule has 0 saturated heterocycles. The van der Waals surface area contributed by atoms with Crippen LogP contribution in [0.5, 0.6) is 0 Å². The third-order valence-electron chi connectivity index (χ3n) is 3.71. The van der Waals surface area contributed by atoms with Crippen molar-refractivity contribution in [3.63, 3.8) is 0 Å². The molecule has 0 spiro atoms. The third kappa shape index (κ3) is 3.79. The van der Waals surface area contributed by atoms with E-state index < -0.39 is 11.7 Å². The second kappa shape index (κ2) is 6.55. The van der Waals surface area contributed by atoms with Crippen molar-refractivity contribution in [1.82, 2.24) is 10.2 Å². The van der Waals surface area contributed by atoms with Crippen LogP contribution in [0.4, 0.5) is 13.2 Å². The Hall–Kier alpha value is -2.89. The number of allylic oxidation sites excluding steroid dienone is 1. The number of hydrogen-bond donors (Lipinski definition) is 0. The summed E-state index contributed by atoms with van der Waals surface area (Å²) in [7, 11) is 0. The van der Waals surface area contributed by atoms with Crippen LogP contribution in [-0.4, -0.2) is 10.2 Å². The van der Waals surface area contributed by atoms with Gasteiger partial charge in [0.25, 0.3) is 0 Å². The van der Waals surface area contributed by atoms with E-state index >= 15 is 0 Å². The molecule has 3 aromatic rings. The summed E-state index contributed by atoms with van der Waals surface area (Å²) in [5.41, 5.74) is 2.41. The molecule has 2 aromatic carbocycles. The van der Waals surface area contributed by atoms with Gasteiger partial charge in [0.05, 0.1) is 5.56 Å². The highest BCUT2D eigenvalue weighted by Gasteiger charge is 2.29. The molecule has 0 radical (unpaired) electrons. The monoisotopic (exact) mass is 344 g/mol. The van der Waals surface area contributed by atoms with Gasteiger partial charge in [0.1, 0.15) is 0 Å². The van der Waals surface area contributed by atoms with E-state index in [1.54, 1.807) is 6.92 Å². The van der Waals surface area contributed by atoms with Crippen LogP contribution >= 0.6 is 0 Å². The lowest BCUT2D eigenvalue weighted by Gasteiger charge is -2.09. The first-order chi connectivity index (χ1) is 11.8. The van der Waals surface area contributed by atoms with Crippen molar-refractivity contribution in [2.24, 2.45) is 0 Å². The first-order valence-corrected chi connectivity index (χ1v) is 7.58. The van der Waals surface area contributed by atoms with Gasteiger partial charge in [-0.2, -0.15) is 13.2 Å². The number of halogens is 3. The summed E-state index contributed by atoms with van der Waals surface area (Å²) in [5, 5.41) is 7.97. The van der Waals surface area contributed by atoms with E-state index in [4.69, 9.17) is 4.42 Å². The number of hydrogen-bond acceptors (Lipinski definition) is 3. The average molecular weight is 344 g/mol. The lowest BCUT2D eigenvalue weighted by molar-refractivity contribution is -0.137. The SMILES string of the molecule is C=C(C)c1nnc(-c2ccccc2Cc2ccc(C(F)(F)F)cc2)o1. The van der Waals surface area contributed by atoms with Gasteiger partial charge in [0.2, 0.25) is 11.8 Å². The molecule has 0 aliphatic rings. The summed E-state index contributed by atoms with van der Waals surface area (Å²) >= 11 is 0. The van der Waals surface area contributed by atoms with E-state index in [2.05, 4.69) is 16.8 Å². The second-order valence-electron chi connectivity index (χ2n) is 5.72. The molecule has 0 N–H and O–H groups in total. The molecule has 0 saturated carbocycles. The topological polar surface area (TPSA) is 38.9 Å². The van der Waals surface area contributed by atoms with E-state index in [0.29, 0.717) is 23.8 Å². The Bertz CT molecular complexity index is 896. The Kier molecular flexibility index (Phi) is 4.44. The van der Waals surface area contributed by atoms with Gasteiger partial charge < -0.3 is 4.42 Å². The van der Waals surface area contributed by atoms with Gasteiger partial charge in [-0.3, -0.25) is 0 Å². The molecule has 0 fully saturated rings. The van der Waals surface area contributed by atoms with Gasteiger partial charge in [0, 0.05) is 11.1 Å². The van der Waals surface area contributed by atoms with Gasteiger partial charge in [-0.25, -0.2) is 0 Å².